The summed E-state index contributed by atoms with van der Waals surface area (Å²) >= 11 is 0. The molecule has 0 radical (unpaired) electrons. The number of nitrogens with one attached hydrogen (secondary N) is 3. The Balaban J connectivity index is 1.39. The first-order chi connectivity index (χ1) is 18.5. The van der Waals surface area contributed by atoms with Gasteiger partial charge in [-0.05, 0) is 42.0 Å². The Morgan fingerprint density at radius 1 is 1.08 bits per heavy atom. The molecule has 200 valence electrons. The summed E-state index contributed by atoms with van der Waals surface area (Å²) in [4.78, 5) is 29.6. The van der Waals surface area contributed by atoms with E-state index in [0.717, 1.165) is 42.5 Å². The van der Waals surface area contributed by atoms with Gasteiger partial charge in [-0.25, -0.2) is 10.3 Å². The Kier molecular flexibility index (Phi) is 9.41. The second kappa shape index (κ2) is 13.1. The molecule has 1 aliphatic carbocycles. The van der Waals surface area contributed by atoms with Crippen LogP contribution < -0.4 is 10.8 Å². The molecule has 0 fully saturated rings. The lowest BCUT2D eigenvalue weighted by atomic mass is 9.79. The molecule has 4 N–H and O–H groups in total. The van der Waals surface area contributed by atoms with E-state index in [-0.39, 0.29) is 18.1 Å². The molecule has 2 unspecified atom stereocenters. The fraction of sp³-hybridized carbons (Fsp3) is 0.400. The maximum absolute atomic E-state index is 12.2. The summed E-state index contributed by atoms with van der Waals surface area (Å²) in [6.45, 7) is 6.49. The Bertz CT molecular complexity index is 1290. The summed E-state index contributed by atoms with van der Waals surface area (Å²) in [5.74, 6) is 4.60. The summed E-state index contributed by atoms with van der Waals surface area (Å²) in [6.07, 6.45) is 4.29. The summed E-state index contributed by atoms with van der Waals surface area (Å²) in [6, 6.07) is 16.5. The standard InChI is InChI=1S/C30H36N4O4/c1-3-24(4-2)32-30(36)38-18-17-34(16-15-23-19-31-28-8-6-5-7-26(23)28)20-21-9-11-22(12-10-21)25-13-14-27(25)29(35)33-37/h5-12,19,24-25,27,31,37H,3-4,15-18,20H2,1-2H3,(H,32,36)(H,33,35). The molecule has 0 spiro atoms. The van der Waals surface area contributed by atoms with Crippen molar-refractivity contribution in [1.82, 2.24) is 20.7 Å². The molecule has 0 aliphatic heterocycles. The molecular formula is C30H36N4O4. The number of aromatic amines is 1. The number of fused-ring (bicyclic) bond motifs is 1. The first kappa shape index (κ1) is 27.2. The van der Waals surface area contributed by atoms with Gasteiger partial charge in [0.25, 0.3) is 5.91 Å². The number of carbonyl (C=O) groups excluding carboxylic acids is 2. The van der Waals surface area contributed by atoms with E-state index in [1.165, 1.54) is 10.9 Å². The van der Waals surface area contributed by atoms with Crippen LogP contribution in [0.15, 0.2) is 54.7 Å². The molecule has 8 nitrogen and oxygen atoms in total. The van der Waals surface area contributed by atoms with E-state index in [0.29, 0.717) is 19.7 Å². The fourth-order valence-electron chi connectivity index (χ4n) is 4.76. The van der Waals surface area contributed by atoms with E-state index in [9.17, 15) is 9.59 Å². The second-order valence-corrected chi connectivity index (χ2v) is 9.64. The molecule has 2 amide bonds. The molecule has 0 bridgehead atoms. The molecule has 3 aromatic rings. The summed E-state index contributed by atoms with van der Waals surface area (Å²) in [7, 11) is 0. The van der Waals surface area contributed by atoms with Crippen LogP contribution in [0.25, 0.3) is 10.9 Å². The van der Waals surface area contributed by atoms with E-state index in [2.05, 4.69) is 45.4 Å². The number of alkyl carbamates (subject to hydrolysis) is 1. The van der Waals surface area contributed by atoms with Crippen LogP contribution in [0.4, 0.5) is 4.79 Å². The van der Waals surface area contributed by atoms with Crippen molar-refractivity contribution >= 4 is 22.9 Å². The lowest BCUT2D eigenvalue weighted by Gasteiger charge is -2.25. The monoisotopic (exact) mass is 516 g/mol. The molecular weight excluding hydrogens is 480 g/mol. The molecule has 2 aromatic carbocycles. The van der Waals surface area contributed by atoms with E-state index in [1.54, 1.807) is 5.48 Å². The minimum Gasteiger partial charge on any atom is -0.448 e. The number of H-pyrrole nitrogens is 1. The van der Waals surface area contributed by atoms with Crippen LogP contribution in [0.3, 0.4) is 0 Å². The minimum absolute atomic E-state index is 0.127. The highest BCUT2D eigenvalue weighted by Gasteiger charge is 2.32. The smallest absolute Gasteiger partial charge is 0.407 e. The molecule has 8 heteroatoms. The topological polar surface area (TPSA) is 107 Å². The fourth-order valence-corrected chi connectivity index (χ4v) is 4.76. The number of hydrogen-bond acceptors (Lipinski definition) is 5. The second-order valence-electron chi connectivity index (χ2n) is 9.64. The molecule has 2 atom stereocenters. The Hall–Kier alpha value is -3.80. The summed E-state index contributed by atoms with van der Waals surface area (Å²) in [5, 5.41) is 13.1. The van der Waals surface area contributed by atoms with Gasteiger partial charge < -0.3 is 15.0 Å². The zero-order chi connectivity index (χ0) is 26.9. The Morgan fingerprint density at radius 3 is 2.53 bits per heavy atom. The van der Waals surface area contributed by atoms with Gasteiger partial charge >= 0.3 is 6.09 Å². The number of ether oxygens (including phenoxy) is 1. The zero-order valence-electron chi connectivity index (χ0n) is 22.0. The molecule has 0 saturated carbocycles. The van der Waals surface area contributed by atoms with Crippen molar-refractivity contribution in [2.75, 3.05) is 19.7 Å². The lowest BCUT2D eigenvalue weighted by molar-refractivity contribution is -0.132. The van der Waals surface area contributed by atoms with E-state index in [4.69, 9.17) is 9.94 Å². The van der Waals surface area contributed by atoms with E-state index in [1.807, 2.05) is 50.2 Å². The molecule has 38 heavy (non-hydrogen) atoms. The van der Waals surface area contributed by atoms with Crippen LogP contribution in [0.1, 0.15) is 49.3 Å². The third-order valence-corrected chi connectivity index (χ3v) is 7.19. The minimum atomic E-state index is -0.526. The molecule has 1 aromatic heterocycles. The summed E-state index contributed by atoms with van der Waals surface area (Å²) in [5.41, 5.74) is 6.14. The number of para-hydroxylation sites is 1. The number of carbonyl (C=O) groups is 2. The van der Waals surface area contributed by atoms with Crippen LogP contribution in [0, 0.1) is 17.8 Å². The van der Waals surface area contributed by atoms with Gasteiger partial charge in [0.2, 0.25) is 0 Å². The molecule has 4 rings (SSSR count). The van der Waals surface area contributed by atoms with Crippen molar-refractivity contribution in [3.05, 3.63) is 71.4 Å². The van der Waals surface area contributed by atoms with Crippen LogP contribution in [-0.4, -0.2) is 52.8 Å². The maximum Gasteiger partial charge on any atom is 0.407 e. The lowest BCUT2D eigenvalue weighted by Crippen LogP contribution is -2.36. The number of aromatic nitrogens is 1. The quantitative estimate of drug-likeness (QED) is 0.154. The first-order valence-electron chi connectivity index (χ1n) is 13.3. The van der Waals surface area contributed by atoms with Crippen molar-refractivity contribution in [3.8, 4) is 11.8 Å². The molecule has 0 saturated heterocycles. The average Bonchev–Trinajstić information content (AvgIpc) is 3.33. The van der Waals surface area contributed by atoms with Gasteiger partial charge in [-0.3, -0.25) is 14.9 Å². The largest absolute Gasteiger partial charge is 0.448 e. The van der Waals surface area contributed by atoms with Crippen LogP contribution in [-0.2, 0) is 22.5 Å². The summed E-state index contributed by atoms with van der Waals surface area (Å²) < 4.78 is 5.50. The van der Waals surface area contributed by atoms with Crippen molar-refractivity contribution in [2.24, 2.45) is 5.92 Å². The number of benzene rings is 2. The average molecular weight is 517 g/mol. The Morgan fingerprint density at radius 2 is 1.84 bits per heavy atom. The van der Waals surface area contributed by atoms with Gasteiger partial charge in [0.15, 0.2) is 0 Å². The van der Waals surface area contributed by atoms with Crippen LogP contribution in [0.2, 0.25) is 0 Å². The van der Waals surface area contributed by atoms with Crippen molar-refractivity contribution in [3.63, 3.8) is 0 Å². The number of hydrogen-bond donors (Lipinski definition) is 4. The molecule has 1 aliphatic rings. The van der Waals surface area contributed by atoms with Gasteiger partial charge in [-0.15, -0.1) is 0 Å². The van der Waals surface area contributed by atoms with Gasteiger partial charge in [0.05, 0.1) is 5.92 Å². The van der Waals surface area contributed by atoms with Crippen LogP contribution in [0.5, 0.6) is 0 Å². The highest BCUT2D eigenvalue weighted by molar-refractivity contribution is 5.84. The predicted molar refractivity (Wildman–Crippen MR) is 147 cm³/mol. The van der Waals surface area contributed by atoms with E-state index >= 15 is 0 Å². The molecule has 1 heterocycles. The van der Waals surface area contributed by atoms with Crippen molar-refractivity contribution < 1.29 is 19.5 Å². The van der Waals surface area contributed by atoms with Gasteiger partial charge in [0, 0.05) is 42.8 Å². The van der Waals surface area contributed by atoms with Gasteiger partial charge in [-0.1, -0.05) is 68.2 Å². The highest BCUT2D eigenvalue weighted by atomic mass is 16.5. The maximum atomic E-state index is 12.2. The Labute approximate surface area is 223 Å². The number of nitrogens with zero attached hydrogens (tertiary/aromatic N) is 1. The number of rotatable bonds is 13. The normalized spacial score (nSPS) is 16.1. The van der Waals surface area contributed by atoms with Gasteiger partial charge in [-0.2, -0.15) is 0 Å². The number of amides is 2. The van der Waals surface area contributed by atoms with Crippen molar-refractivity contribution in [2.45, 2.75) is 51.6 Å². The van der Waals surface area contributed by atoms with Crippen molar-refractivity contribution in [1.29, 1.82) is 0 Å². The number of hydroxylamine groups is 1. The first-order valence-corrected chi connectivity index (χ1v) is 13.3. The predicted octanol–water partition coefficient (Wildman–Crippen LogP) is 4.35. The zero-order valence-corrected chi connectivity index (χ0v) is 22.0. The van der Waals surface area contributed by atoms with Crippen LogP contribution >= 0.6 is 0 Å². The van der Waals surface area contributed by atoms with E-state index < -0.39 is 11.8 Å². The third-order valence-electron chi connectivity index (χ3n) is 7.19. The SMILES string of the molecule is CCC(CC)NC(=O)OCCN(CCc1c[nH]c2ccccc12)Cc1ccc(C2C#CC2C(=O)NO)cc1. The van der Waals surface area contributed by atoms with Gasteiger partial charge in [0.1, 0.15) is 12.5 Å². The third kappa shape index (κ3) is 6.74. The highest BCUT2D eigenvalue weighted by Crippen LogP contribution is 2.30.